The number of rotatable bonds is 7. The van der Waals surface area contributed by atoms with E-state index >= 15 is 0 Å². The van der Waals surface area contributed by atoms with Crippen molar-refractivity contribution >= 4 is 17.7 Å². The number of thioether (sulfide) groups is 1. The number of H-pyrrole nitrogens is 1. The molecule has 1 aliphatic carbocycles. The largest absolute Gasteiger partial charge is 0.339 e. The van der Waals surface area contributed by atoms with Crippen molar-refractivity contribution in [3.63, 3.8) is 0 Å². The van der Waals surface area contributed by atoms with E-state index in [1.807, 2.05) is 18.7 Å². The van der Waals surface area contributed by atoms with Crippen LogP contribution >= 0.6 is 11.8 Å². The van der Waals surface area contributed by atoms with Crippen LogP contribution in [0.15, 0.2) is 16.0 Å². The average Bonchev–Trinajstić information content (AvgIpc) is 2.56. The summed E-state index contributed by atoms with van der Waals surface area (Å²) in [6.07, 6.45) is 7.65. The molecule has 0 radical (unpaired) electrons. The summed E-state index contributed by atoms with van der Waals surface area (Å²) in [7, 11) is 0. The van der Waals surface area contributed by atoms with E-state index in [1.165, 1.54) is 31.0 Å². The molecule has 0 bridgehead atoms. The number of aromatic nitrogens is 2. The van der Waals surface area contributed by atoms with Gasteiger partial charge in [-0.15, -0.1) is 0 Å². The van der Waals surface area contributed by atoms with Crippen LogP contribution < -0.4 is 5.56 Å². The summed E-state index contributed by atoms with van der Waals surface area (Å²) in [5.74, 6) is 0.151. The predicted octanol–water partition coefficient (Wildman–Crippen LogP) is 3.38. The molecule has 1 amide bonds. The Kier molecular flexibility index (Phi) is 7.34. The number of carbonyl (C=O) groups is 1. The highest BCUT2D eigenvalue weighted by molar-refractivity contribution is 8.00. The molecular formula is C18H29N3O2S. The molecule has 0 aliphatic heterocycles. The minimum atomic E-state index is -0.244. The summed E-state index contributed by atoms with van der Waals surface area (Å²) in [6, 6.07) is 1.91. The first-order chi connectivity index (χ1) is 11.5. The van der Waals surface area contributed by atoms with E-state index in [4.69, 9.17) is 0 Å². The summed E-state index contributed by atoms with van der Waals surface area (Å²) in [6.45, 7) is 6.76. The molecule has 24 heavy (non-hydrogen) atoms. The molecule has 1 aliphatic rings. The molecule has 6 heteroatoms. The van der Waals surface area contributed by atoms with Crippen LogP contribution in [0.5, 0.6) is 0 Å². The number of aromatic amines is 1. The lowest BCUT2D eigenvalue weighted by molar-refractivity contribution is -0.133. The maximum atomic E-state index is 12.9. The van der Waals surface area contributed by atoms with Gasteiger partial charge in [0.1, 0.15) is 0 Å². The minimum absolute atomic E-state index is 0.143. The fourth-order valence-corrected chi connectivity index (χ4v) is 4.26. The summed E-state index contributed by atoms with van der Waals surface area (Å²) in [5.41, 5.74) is 0.651. The van der Waals surface area contributed by atoms with Gasteiger partial charge in [0.15, 0.2) is 5.16 Å². The Morgan fingerprint density at radius 3 is 2.71 bits per heavy atom. The number of nitrogens with one attached hydrogen (secondary N) is 1. The predicted molar refractivity (Wildman–Crippen MR) is 98.4 cm³/mol. The molecule has 2 rings (SSSR count). The van der Waals surface area contributed by atoms with Crippen LogP contribution in [0.3, 0.4) is 0 Å². The van der Waals surface area contributed by atoms with Crippen molar-refractivity contribution in [3.8, 4) is 0 Å². The number of carbonyl (C=O) groups excluding carboxylic acids is 1. The van der Waals surface area contributed by atoms with Gasteiger partial charge in [0.05, 0.1) is 5.25 Å². The van der Waals surface area contributed by atoms with Gasteiger partial charge >= 0.3 is 0 Å². The Bertz CT molecular complexity index is 596. The van der Waals surface area contributed by atoms with Crippen molar-refractivity contribution < 1.29 is 4.79 Å². The van der Waals surface area contributed by atoms with Crippen LogP contribution in [0.1, 0.15) is 65.0 Å². The van der Waals surface area contributed by atoms with Crippen LogP contribution in [0, 0.1) is 0 Å². The molecule has 5 nitrogen and oxygen atoms in total. The molecule has 1 fully saturated rings. The highest BCUT2D eigenvalue weighted by Crippen LogP contribution is 2.26. The third kappa shape index (κ3) is 5.10. The number of hydrogen-bond acceptors (Lipinski definition) is 4. The third-order valence-electron chi connectivity index (χ3n) is 4.55. The van der Waals surface area contributed by atoms with E-state index < -0.39 is 0 Å². The quantitative estimate of drug-likeness (QED) is 0.604. The Hall–Kier alpha value is -1.30. The topological polar surface area (TPSA) is 66.1 Å². The van der Waals surface area contributed by atoms with Crippen LogP contribution in [-0.2, 0) is 11.2 Å². The molecule has 1 atom stereocenters. The molecular weight excluding hydrogens is 322 g/mol. The Morgan fingerprint density at radius 1 is 1.38 bits per heavy atom. The first-order valence-corrected chi connectivity index (χ1v) is 10.0. The number of hydrogen-bond donors (Lipinski definition) is 1. The molecule has 1 heterocycles. The summed E-state index contributed by atoms with van der Waals surface area (Å²) in [4.78, 5) is 33.9. The summed E-state index contributed by atoms with van der Waals surface area (Å²) >= 11 is 1.36. The number of nitrogens with zero attached hydrogens (tertiary/aromatic N) is 2. The molecule has 1 aromatic heterocycles. The monoisotopic (exact) mass is 351 g/mol. The fourth-order valence-electron chi connectivity index (χ4n) is 3.36. The van der Waals surface area contributed by atoms with Crippen molar-refractivity contribution in [2.45, 2.75) is 82.2 Å². The summed E-state index contributed by atoms with van der Waals surface area (Å²) in [5, 5.41) is 0.304. The van der Waals surface area contributed by atoms with Crippen molar-refractivity contribution in [2.24, 2.45) is 0 Å². The molecule has 0 spiro atoms. The standard InChI is InChI=1S/C18H29N3O2S/c1-4-9-14-12-16(22)20-18(19-14)24-13(3)17(23)21(5-2)15-10-7-6-8-11-15/h12-13,15H,4-11H2,1-3H3,(H,19,20,22). The van der Waals surface area contributed by atoms with Gasteiger partial charge in [0.25, 0.3) is 5.56 Å². The van der Waals surface area contributed by atoms with Crippen LogP contribution in [0.25, 0.3) is 0 Å². The van der Waals surface area contributed by atoms with Gasteiger partial charge in [0, 0.05) is 24.3 Å². The van der Waals surface area contributed by atoms with Crippen molar-refractivity contribution in [1.29, 1.82) is 0 Å². The second kappa shape index (κ2) is 9.25. The molecule has 1 unspecified atom stereocenters. The molecule has 1 saturated carbocycles. The molecule has 0 aromatic carbocycles. The van der Waals surface area contributed by atoms with E-state index in [9.17, 15) is 9.59 Å². The number of amides is 1. The van der Waals surface area contributed by atoms with Gasteiger partial charge in [-0.1, -0.05) is 44.4 Å². The first kappa shape index (κ1) is 19.0. The van der Waals surface area contributed by atoms with Gasteiger partial charge in [-0.2, -0.15) is 0 Å². The Balaban J connectivity index is 2.05. The van der Waals surface area contributed by atoms with Gasteiger partial charge < -0.3 is 9.88 Å². The van der Waals surface area contributed by atoms with Gasteiger partial charge in [-0.3, -0.25) is 9.59 Å². The molecule has 1 N–H and O–H groups in total. The van der Waals surface area contributed by atoms with E-state index in [0.29, 0.717) is 11.2 Å². The lowest BCUT2D eigenvalue weighted by atomic mass is 9.94. The van der Waals surface area contributed by atoms with E-state index in [-0.39, 0.29) is 16.7 Å². The highest BCUT2D eigenvalue weighted by atomic mass is 32.2. The molecule has 0 saturated heterocycles. The summed E-state index contributed by atoms with van der Waals surface area (Å²) < 4.78 is 0. The maximum absolute atomic E-state index is 12.9. The molecule has 1 aromatic rings. The average molecular weight is 352 g/mol. The smallest absolute Gasteiger partial charge is 0.251 e. The second-order valence-electron chi connectivity index (χ2n) is 6.47. The SMILES string of the molecule is CCCc1cc(=O)[nH]c(SC(C)C(=O)N(CC)C2CCCCC2)n1. The fraction of sp³-hybridized carbons (Fsp3) is 0.722. The van der Waals surface area contributed by atoms with Crippen LogP contribution in [0.2, 0.25) is 0 Å². The Labute approximate surface area is 148 Å². The van der Waals surface area contributed by atoms with Crippen LogP contribution in [0.4, 0.5) is 0 Å². The van der Waals surface area contributed by atoms with E-state index in [2.05, 4.69) is 16.9 Å². The normalized spacial score (nSPS) is 16.8. The van der Waals surface area contributed by atoms with E-state index in [1.54, 1.807) is 6.07 Å². The van der Waals surface area contributed by atoms with Gasteiger partial charge in [0.2, 0.25) is 5.91 Å². The maximum Gasteiger partial charge on any atom is 0.251 e. The minimum Gasteiger partial charge on any atom is -0.339 e. The van der Waals surface area contributed by atoms with E-state index in [0.717, 1.165) is 37.9 Å². The molecule has 134 valence electrons. The van der Waals surface area contributed by atoms with Crippen molar-refractivity contribution in [3.05, 3.63) is 22.1 Å². The van der Waals surface area contributed by atoms with Crippen molar-refractivity contribution in [1.82, 2.24) is 14.9 Å². The zero-order valence-electron chi connectivity index (χ0n) is 15.0. The zero-order chi connectivity index (χ0) is 17.5. The number of aryl methyl sites for hydroxylation is 1. The lowest BCUT2D eigenvalue weighted by Crippen LogP contribution is -2.44. The zero-order valence-corrected chi connectivity index (χ0v) is 15.8. The van der Waals surface area contributed by atoms with Crippen molar-refractivity contribution in [2.75, 3.05) is 6.54 Å². The van der Waals surface area contributed by atoms with Gasteiger partial charge in [-0.05, 0) is 33.1 Å². The Morgan fingerprint density at radius 2 is 2.08 bits per heavy atom. The van der Waals surface area contributed by atoms with Crippen LogP contribution in [-0.4, -0.2) is 38.6 Å². The first-order valence-electron chi connectivity index (χ1n) is 9.12. The lowest BCUT2D eigenvalue weighted by Gasteiger charge is -2.35. The van der Waals surface area contributed by atoms with Gasteiger partial charge in [-0.25, -0.2) is 4.98 Å². The second-order valence-corrected chi connectivity index (χ2v) is 7.80. The third-order valence-corrected chi connectivity index (χ3v) is 5.53. The highest BCUT2D eigenvalue weighted by Gasteiger charge is 2.28.